The maximum atomic E-state index is 6.13. The summed E-state index contributed by atoms with van der Waals surface area (Å²) in [6.07, 6.45) is 2.64. The standard InChI is InChI=1S/C21H27NO3.ClH/c1-2-23-20-12-6-10-18(14-22-15-19-11-7-13-24-19)21(20)25-16-17-8-4-3-5-9-17;/h3-6,8-10,12,19,22H,2,7,11,13-16H2,1H3;1H/p-1. The molecule has 1 unspecified atom stereocenters. The third-order valence-corrected chi connectivity index (χ3v) is 4.30. The minimum Gasteiger partial charge on any atom is -1.00 e. The molecule has 1 saturated heterocycles. The molecule has 1 fully saturated rings. The molecule has 5 heteroatoms. The fraction of sp³-hybridized carbons (Fsp3) is 0.429. The van der Waals surface area contributed by atoms with E-state index in [2.05, 4.69) is 23.5 Å². The van der Waals surface area contributed by atoms with Crippen LogP contribution in [0.3, 0.4) is 0 Å². The Kier molecular flexibility index (Phi) is 8.75. The Morgan fingerprint density at radius 2 is 1.92 bits per heavy atom. The molecular formula is C21H27ClNO3-. The average molecular weight is 377 g/mol. The van der Waals surface area contributed by atoms with Crippen LogP contribution in [0.2, 0.25) is 0 Å². The molecule has 1 aliphatic heterocycles. The molecule has 2 aromatic rings. The van der Waals surface area contributed by atoms with Gasteiger partial charge in [-0.2, -0.15) is 0 Å². The monoisotopic (exact) mass is 376 g/mol. The van der Waals surface area contributed by atoms with Crippen LogP contribution in [0.5, 0.6) is 11.5 Å². The molecule has 1 aliphatic rings. The lowest BCUT2D eigenvalue weighted by atomic mass is 10.1. The molecule has 0 saturated carbocycles. The quantitative estimate of drug-likeness (QED) is 0.707. The highest BCUT2D eigenvalue weighted by Crippen LogP contribution is 2.32. The van der Waals surface area contributed by atoms with E-state index in [-0.39, 0.29) is 12.4 Å². The summed E-state index contributed by atoms with van der Waals surface area (Å²) in [6, 6.07) is 16.3. The van der Waals surface area contributed by atoms with Crippen molar-refractivity contribution in [2.75, 3.05) is 19.8 Å². The van der Waals surface area contributed by atoms with Crippen molar-refractivity contribution in [1.29, 1.82) is 0 Å². The van der Waals surface area contributed by atoms with Gasteiger partial charge in [0.25, 0.3) is 0 Å². The van der Waals surface area contributed by atoms with Crippen molar-refractivity contribution >= 4 is 0 Å². The van der Waals surface area contributed by atoms with Gasteiger partial charge in [-0.25, -0.2) is 0 Å². The van der Waals surface area contributed by atoms with Gasteiger partial charge in [-0.1, -0.05) is 42.5 Å². The van der Waals surface area contributed by atoms with Gasteiger partial charge in [0.05, 0.1) is 12.7 Å². The van der Waals surface area contributed by atoms with E-state index in [9.17, 15) is 0 Å². The Balaban J connectivity index is 0.00000243. The second-order valence-corrected chi connectivity index (χ2v) is 6.22. The van der Waals surface area contributed by atoms with Gasteiger partial charge >= 0.3 is 0 Å². The molecule has 1 atom stereocenters. The van der Waals surface area contributed by atoms with Crippen molar-refractivity contribution in [3.8, 4) is 11.5 Å². The maximum Gasteiger partial charge on any atom is 0.166 e. The van der Waals surface area contributed by atoms with Gasteiger partial charge in [-0.05, 0) is 31.4 Å². The van der Waals surface area contributed by atoms with E-state index >= 15 is 0 Å². The molecule has 0 bridgehead atoms. The number of hydrogen-bond acceptors (Lipinski definition) is 4. The Morgan fingerprint density at radius 3 is 2.65 bits per heavy atom. The van der Waals surface area contributed by atoms with E-state index < -0.39 is 0 Å². The van der Waals surface area contributed by atoms with Crippen LogP contribution in [0.15, 0.2) is 48.5 Å². The van der Waals surface area contributed by atoms with E-state index in [0.29, 0.717) is 19.3 Å². The first-order valence-electron chi connectivity index (χ1n) is 9.10. The van der Waals surface area contributed by atoms with Gasteiger partial charge in [0.2, 0.25) is 0 Å². The summed E-state index contributed by atoms with van der Waals surface area (Å²) in [5.74, 6) is 1.63. The van der Waals surface area contributed by atoms with Crippen LogP contribution in [0, 0.1) is 0 Å². The Bertz CT molecular complexity index is 645. The molecule has 0 aliphatic carbocycles. The summed E-state index contributed by atoms with van der Waals surface area (Å²) in [5.41, 5.74) is 2.26. The average Bonchev–Trinajstić information content (AvgIpc) is 3.16. The van der Waals surface area contributed by atoms with E-state index in [1.807, 2.05) is 37.3 Å². The van der Waals surface area contributed by atoms with Crippen LogP contribution in [-0.4, -0.2) is 25.9 Å². The highest BCUT2D eigenvalue weighted by atomic mass is 35.5. The maximum absolute atomic E-state index is 6.13. The zero-order chi connectivity index (χ0) is 17.3. The van der Waals surface area contributed by atoms with Crippen LogP contribution >= 0.6 is 0 Å². The minimum absolute atomic E-state index is 0. The minimum atomic E-state index is 0. The van der Waals surface area contributed by atoms with E-state index in [1.165, 1.54) is 0 Å². The molecule has 0 spiro atoms. The van der Waals surface area contributed by atoms with Crippen LogP contribution in [-0.2, 0) is 17.9 Å². The summed E-state index contributed by atoms with van der Waals surface area (Å²) in [4.78, 5) is 0. The largest absolute Gasteiger partial charge is 1.00 e. The zero-order valence-electron chi connectivity index (χ0n) is 15.2. The Hall–Kier alpha value is -1.75. The van der Waals surface area contributed by atoms with Gasteiger partial charge in [-0.3, -0.25) is 0 Å². The van der Waals surface area contributed by atoms with Crippen molar-refractivity contribution in [3.63, 3.8) is 0 Å². The number of nitrogens with one attached hydrogen (secondary N) is 1. The van der Waals surface area contributed by atoms with Gasteiger partial charge in [0, 0.05) is 25.3 Å². The number of hydrogen-bond donors (Lipinski definition) is 1. The lowest BCUT2D eigenvalue weighted by molar-refractivity contribution is -0.00000715. The van der Waals surface area contributed by atoms with Crippen molar-refractivity contribution in [1.82, 2.24) is 5.32 Å². The predicted octanol–water partition coefficient (Wildman–Crippen LogP) is 0.937. The molecule has 1 N–H and O–H groups in total. The molecule has 0 radical (unpaired) electrons. The number of halogens is 1. The fourth-order valence-corrected chi connectivity index (χ4v) is 3.04. The van der Waals surface area contributed by atoms with E-state index in [1.54, 1.807) is 0 Å². The lowest BCUT2D eigenvalue weighted by Gasteiger charge is -2.17. The third-order valence-electron chi connectivity index (χ3n) is 4.30. The number of rotatable bonds is 9. The molecule has 2 aromatic carbocycles. The number of benzene rings is 2. The van der Waals surface area contributed by atoms with Gasteiger partial charge < -0.3 is 31.9 Å². The molecule has 4 nitrogen and oxygen atoms in total. The van der Waals surface area contributed by atoms with Crippen molar-refractivity contribution < 1.29 is 26.6 Å². The summed E-state index contributed by atoms with van der Waals surface area (Å²) in [7, 11) is 0. The van der Waals surface area contributed by atoms with Gasteiger partial charge in [0.1, 0.15) is 6.61 Å². The van der Waals surface area contributed by atoms with Crippen molar-refractivity contribution in [2.24, 2.45) is 0 Å². The van der Waals surface area contributed by atoms with Gasteiger partial charge in [0.15, 0.2) is 11.5 Å². The molecular weight excluding hydrogens is 350 g/mol. The first-order valence-corrected chi connectivity index (χ1v) is 9.10. The molecule has 142 valence electrons. The summed E-state index contributed by atoms with van der Waals surface area (Å²) < 4.78 is 17.6. The van der Waals surface area contributed by atoms with Crippen molar-refractivity contribution in [2.45, 2.75) is 39.0 Å². The normalized spacial score (nSPS) is 16.1. The molecule has 1 heterocycles. The molecule has 26 heavy (non-hydrogen) atoms. The first kappa shape index (κ1) is 20.6. The van der Waals surface area contributed by atoms with Crippen LogP contribution < -0.4 is 27.2 Å². The smallest absolute Gasteiger partial charge is 0.166 e. The summed E-state index contributed by atoms with van der Waals surface area (Å²) >= 11 is 0. The fourth-order valence-electron chi connectivity index (χ4n) is 3.04. The highest BCUT2D eigenvalue weighted by Gasteiger charge is 2.16. The second-order valence-electron chi connectivity index (χ2n) is 6.22. The lowest BCUT2D eigenvalue weighted by Crippen LogP contribution is -3.00. The van der Waals surface area contributed by atoms with Crippen LogP contribution in [0.4, 0.5) is 0 Å². The second kappa shape index (κ2) is 11.1. The van der Waals surface area contributed by atoms with Crippen LogP contribution in [0.25, 0.3) is 0 Å². The Labute approximate surface area is 162 Å². The molecule has 0 amide bonds. The Morgan fingerprint density at radius 1 is 1.08 bits per heavy atom. The SMILES string of the molecule is CCOc1cccc(CNCC2CCCO2)c1OCc1ccccc1.[Cl-]. The number of para-hydroxylation sites is 1. The van der Waals surface area contributed by atoms with Gasteiger partial charge in [-0.15, -0.1) is 0 Å². The zero-order valence-corrected chi connectivity index (χ0v) is 16.0. The topological polar surface area (TPSA) is 39.7 Å². The third kappa shape index (κ3) is 5.90. The van der Waals surface area contributed by atoms with E-state index in [4.69, 9.17) is 14.2 Å². The molecule has 0 aromatic heterocycles. The summed E-state index contributed by atoms with van der Waals surface area (Å²) in [5, 5.41) is 3.49. The first-order chi connectivity index (χ1) is 12.4. The van der Waals surface area contributed by atoms with Crippen LogP contribution in [0.1, 0.15) is 30.9 Å². The predicted molar refractivity (Wildman–Crippen MR) is 99.1 cm³/mol. The van der Waals surface area contributed by atoms with E-state index in [0.717, 1.165) is 55.2 Å². The number of ether oxygens (including phenoxy) is 3. The summed E-state index contributed by atoms with van der Waals surface area (Å²) in [6.45, 7) is 5.64. The highest BCUT2D eigenvalue weighted by molar-refractivity contribution is 5.46. The molecule has 3 rings (SSSR count). The van der Waals surface area contributed by atoms with Crippen molar-refractivity contribution in [3.05, 3.63) is 59.7 Å².